The van der Waals surface area contributed by atoms with Crippen LogP contribution in [0, 0.1) is 6.92 Å². The zero-order chi connectivity index (χ0) is 19.1. The molecule has 2 aliphatic rings. The van der Waals surface area contributed by atoms with Crippen LogP contribution < -0.4 is 15.4 Å². The lowest BCUT2D eigenvalue weighted by Gasteiger charge is -2.36. The van der Waals surface area contributed by atoms with E-state index < -0.39 is 0 Å². The molecule has 2 aromatic rings. The number of morpholine rings is 1. The maximum absolute atomic E-state index is 12.6. The summed E-state index contributed by atoms with van der Waals surface area (Å²) >= 11 is 6.08. The molecule has 2 aromatic heterocycles. The lowest BCUT2D eigenvalue weighted by Crippen LogP contribution is -2.47. The Morgan fingerprint density at radius 2 is 1.93 bits per heavy atom. The van der Waals surface area contributed by atoms with E-state index in [4.69, 9.17) is 21.3 Å². The molecule has 1 N–H and O–H groups in total. The van der Waals surface area contributed by atoms with E-state index in [2.05, 4.69) is 24.8 Å². The van der Waals surface area contributed by atoms with Crippen molar-refractivity contribution in [2.24, 2.45) is 0 Å². The molecule has 2 atom stereocenters. The third-order valence-electron chi connectivity index (χ3n) is 4.90. The first-order valence-corrected chi connectivity index (χ1v) is 9.55. The highest BCUT2D eigenvalue weighted by Crippen LogP contribution is 2.24. The number of nitrogens with zero attached hydrogens (tertiary/aromatic N) is 5. The van der Waals surface area contributed by atoms with E-state index >= 15 is 0 Å². The molecule has 2 aliphatic heterocycles. The number of hydrogen-bond donors (Lipinski definition) is 1. The Morgan fingerprint density at radius 1 is 1.19 bits per heavy atom. The number of rotatable bonds is 2. The van der Waals surface area contributed by atoms with Gasteiger partial charge in [0.1, 0.15) is 16.8 Å². The number of hydrogen-bond acceptors (Lipinski definition) is 7. The lowest BCUT2D eigenvalue weighted by molar-refractivity contribution is -0.00575. The van der Waals surface area contributed by atoms with Crippen LogP contribution in [0.15, 0.2) is 10.9 Å². The average Bonchev–Trinajstić information content (AvgIpc) is 2.59. The first-order valence-electron chi connectivity index (χ1n) is 9.17. The van der Waals surface area contributed by atoms with Gasteiger partial charge in [0.2, 0.25) is 5.95 Å². The molecular formula is C18H23ClN6O2. The van der Waals surface area contributed by atoms with Crippen LogP contribution >= 0.6 is 11.6 Å². The zero-order valence-electron chi connectivity index (χ0n) is 15.7. The van der Waals surface area contributed by atoms with Crippen molar-refractivity contribution in [3.63, 3.8) is 0 Å². The topological polar surface area (TPSA) is 87.2 Å². The van der Waals surface area contributed by atoms with E-state index in [1.807, 2.05) is 20.8 Å². The summed E-state index contributed by atoms with van der Waals surface area (Å²) in [6, 6.07) is 1.75. The largest absolute Gasteiger partial charge is 0.372 e. The molecule has 0 aromatic carbocycles. The third-order valence-corrected chi connectivity index (χ3v) is 5.09. The SMILES string of the molecule is Cc1nc(Cl)cc(N2CCc3c(nc(N4C[C@@H](C)O[C@@H](C)C4)[nH]c3=O)C2)n1. The molecule has 0 spiro atoms. The Bertz CT molecular complexity index is 887. The van der Waals surface area contributed by atoms with E-state index in [-0.39, 0.29) is 17.8 Å². The molecule has 4 heterocycles. The summed E-state index contributed by atoms with van der Waals surface area (Å²) in [4.78, 5) is 33.1. The van der Waals surface area contributed by atoms with Crippen molar-refractivity contribution in [2.75, 3.05) is 29.4 Å². The van der Waals surface area contributed by atoms with Gasteiger partial charge in [-0.2, -0.15) is 0 Å². The number of aromatic nitrogens is 4. The molecule has 4 rings (SSSR count). The standard InChI is InChI=1S/C18H23ClN6O2/c1-10-7-25(8-11(2)27-10)18-22-14-9-24(5-4-13(14)17(26)23-18)16-6-15(19)20-12(3)21-16/h6,10-11H,4-5,7-9H2,1-3H3,(H,22,23,26)/t10-,11+. The second-order valence-corrected chi connectivity index (χ2v) is 7.63. The van der Waals surface area contributed by atoms with Crippen molar-refractivity contribution in [3.8, 4) is 0 Å². The molecule has 1 saturated heterocycles. The van der Waals surface area contributed by atoms with Gasteiger partial charge < -0.3 is 14.5 Å². The van der Waals surface area contributed by atoms with Gasteiger partial charge in [0.05, 0.1) is 24.4 Å². The van der Waals surface area contributed by atoms with E-state index in [1.54, 1.807) is 6.07 Å². The fourth-order valence-electron chi connectivity index (χ4n) is 3.80. The molecule has 144 valence electrons. The number of aryl methyl sites for hydroxylation is 1. The molecule has 0 saturated carbocycles. The van der Waals surface area contributed by atoms with Gasteiger partial charge in [0.15, 0.2) is 0 Å². The van der Waals surface area contributed by atoms with Crippen molar-refractivity contribution >= 4 is 23.4 Å². The minimum Gasteiger partial charge on any atom is -0.372 e. The van der Waals surface area contributed by atoms with Crippen molar-refractivity contribution in [3.05, 3.63) is 38.7 Å². The fraction of sp³-hybridized carbons (Fsp3) is 0.556. The minimum absolute atomic E-state index is 0.0571. The molecule has 1 fully saturated rings. The van der Waals surface area contributed by atoms with Crippen LogP contribution in [0.25, 0.3) is 0 Å². The molecule has 8 nitrogen and oxygen atoms in total. The molecule has 27 heavy (non-hydrogen) atoms. The number of H-pyrrole nitrogens is 1. The van der Waals surface area contributed by atoms with Crippen LogP contribution in [-0.2, 0) is 17.7 Å². The smallest absolute Gasteiger partial charge is 0.255 e. The van der Waals surface area contributed by atoms with Crippen molar-refractivity contribution in [2.45, 2.75) is 45.9 Å². The molecule has 9 heteroatoms. The highest BCUT2D eigenvalue weighted by atomic mass is 35.5. The highest BCUT2D eigenvalue weighted by molar-refractivity contribution is 6.29. The maximum Gasteiger partial charge on any atom is 0.255 e. The lowest BCUT2D eigenvalue weighted by atomic mass is 10.1. The Labute approximate surface area is 162 Å². The Hall–Kier alpha value is -2.19. The summed E-state index contributed by atoms with van der Waals surface area (Å²) in [5.74, 6) is 1.99. The number of anilines is 2. The summed E-state index contributed by atoms with van der Waals surface area (Å²) in [7, 11) is 0. The Balaban J connectivity index is 1.64. The normalized spacial score (nSPS) is 22.7. The molecule has 0 unspecified atom stereocenters. The summed E-state index contributed by atoms with van der Waals surface area (Å²) in [5.41, 5.74) is 1.48. The Kier molecular flexibility index (Phi) is 4.77. The number of nitrogens with one attached hydrogen (secondary N) is 1. The van der Waals surface area contributed by atoms with Crippen LogP contribution in [0.4, 0.5) is 11.8 Å². The van der Waals surface area contributed by atoms with E-state index in [0.29, 0.717) is 49.5 Å². The van der Waals surface area contributed by atoms with Gasteiger partial charge in [-0.15, -0.1) is 0 Å². The quantitative estimate of drug-likeness (QED) is 0.781. The molecule has 0 bridgehead atoms. The first-order chi connectivity index (χ1) is 12.9. The molecular weight excluding hydrogens is 368 g/mol. The van der Waals surface area contributed by atoms with Crippen molar-refractivity contribution in [1.82, 2.24) is 19.9 Å². The fourth-order valence-corrected chi connectivity index (χ4v) is 4.02. The van der Waals surface area contributed by atoms with Crippen LogP contribution in [0.5, 0.6) is 0 Å². The third kappa shape index (κ3) is 3.77. The van der Waals surface area contributed by atoms with Gasteiger partial charge in [-0.3, -0.25) is 9.78 Å². The van der Waals surface area contributed by atoms with E-state index in [9.17, 15) is 4.79 Å². The summed E-state index contributed by atoms with van der Waals surface area (Å²) in [5, 5.41) is 0.416. The number of ether oxygens (including phenoxy) is 1. The van der Waals surface area contributed by atoms with Crippen molar-refractivity contribution < 1.29 is 4.74 Å². The average molecular weight is 391 g/mol. The predicted molar refractivity (Wildman–Crippen MR) is 104 cm³/mol. The number of aromatic amines is 1. The highest BCUT2D eigenvalue weighted by Gasteiger charge is 2.27. The molecule has 0 amide bonds. The van der Waals surface area contributed by atoms with E-state index in [1.165, 1.54) is 0 Å². The van der Waals surface area contributed by atoms with Crippen LogP contribution in [-0.4, -0.2) is 51.8 Å². The monoisotopic (exact) mass is 390 g/mol. The maximum atomic E-state index is 12.6. The van der Waals surface area contributed by atoms with Gasteiger partial charge in [-0.05, 0) is 27.2 Å². The van der Waals surface area contributed by atoms with Gasteiger partial charge >= 0.3 is 0 Å². The van der Waals surface area contributed by atoms with Crippen LogP contribution in [0.1, 0.15) is 30.9 Å². The van der Waals surface area contributed by atoms with Crippen LogP contribution in [0.2, 0.25) is 5.15 Å². The molecule has 0 aliphatic carbocycles. The second kappa shape index (κ2) is 7.09. The van der Waals surface area contributed by atoms with E-state index in [0.717, 1.165) is 17.1 Å². The predicted octanol–water partition coefficient (Wildman–Crippen LogP) is 1.70. The van der Waals surface area contributed by atoms with Gasteiger partial charge in [-0.25, -0.2) is 15.0 Å². The summed E-state index contributed by atoms with van der Waals surface area (Å²) in [6.07, 6.45) is 0.810. The Morgan fingerprint density at radius 3 is 2.63 bits per heavy atom. The summed E-state index contributed by atoms with van der Waals surface area (Å²) in [6.45, 7) is 8.50. The minimum atomic E-state index is -0.0571. The second-order valence-electron chi connectivity index (χ2n) is 7.24. The molecule has 0 radical (unpaired) electrons. The van der Waals surface area contributed by atoms with Gasteiger partial charge in [0.25, 0.3) is 5.56 Å². The zero-order valence-corrected chi connectivity index (χ0v) is 16.5. The first kappa shape index (κ1) is 18.2. The number of fused-ring (bicyclic) bond motifs is 1. The van der Waals surface area contributed by atoms with Crippen LogP contribution in [0.3, 0.4) is 0 Å². The van der Waals surface area contributed by atoms with Gasteiger partial charge in [-0.1, -0.05) is 11.6 Å². The van der Waals surface area contributed by atoms with Gasteiger partial charge in [0, 0.05) is 31.3 Å². The van der Waals surface area contributed by atoms with Crippen molar-refractivity contribution in [1.29, 1.82) is 0 Å². The number of halogens is 1. The summed E-state index contributed by atoms with van der Waals surface area (Å²) < 4.78 is 5.78.